The molecule has 1 heteroatoms. The Morgan fingerprint density at radius 1 is 0.733 bits per heavy atom. The molecule has 2 aromatic rings. The van der Waals surface area contributed by atoms with Crippen LogP contribution in [0.2, 0.25) is 0 Å². The molecular weight excluding hydrogens is 362 g/mol. The number of rotatable bonds is 13. The van der Waals surface area contributed by atoms with Gasteiger partial charge in [0.15, 0.2) is 0 Å². The minimum Gasteiger partial charge on any atom is -0.300 e. The maximum atomic E-state index is 2.86. The normalized spacial score (nSPS) is 16.9. The average Bonchev–Trinajstić information content (AvgIpc) is 2.80. The minimum absolute atomic E-state index is 0.746. The van der Waals surface area contributed by atoms with Crippen molar-refractivity contribution >= 4 is 10.8 Å². The van der Waals surface area contributed by atoms with Crippen LogP contribution in [-0.2, 0) is 0 Å². The molecule has 1 unspecified atom stereocenters. The minimum atomic E-state index is 0.746. The molecule has 0 radical (unpaired) electrons. The second-order valence-electron chi connectivity index (χ2n) is 9.62. The van der Waals surface area contributed by atoms with E-state index >= 15 is 0 Å². The summed E-state index contributed by atoms with van der Waals surface area (Å²) >= 11 is 0. The summed E-state index contributed by atoms with van der Waals surface area (Å²) in [5.74, 6) is 0.746. The number of likely N-dealkylation sites (tertiary alicyclic amines) is 1. The molecule has 1 nitrogen and oxygen atoms in total. The zero-order chi connectivity index (χ0) is 21.0. The van der Waals surface area contributed by atoms with Crippen LogP contribution in [0.5, 0.6) is 0 Å². The van der Waals surface area contributed by atoms with Crippen molar-refractivity contribution in [3.05, 3.63) is 48.0 Å². The molecule has 0 amide bonds. The predicted molar refractivity (Wildman–Crippen MR) is 133 cm³/mol. The fraction of sp³-hybridized carbons (Fsp3) is 0.655. The summed E-state index contributed by atoms with van der Waals surface area (Å²) in [6, 6.07) is 16.8. The number of hydrogen-bond donors (Lipinski definition) is 0. The molecule has 2 aromatic carbocycles. The van der Waals surface area contributed by atoms with E-state index in [1.54, 1.807) is 5.56 Å². The maximum absolute atomic E-state index is 2.86. The van der Waals surface area contributed by atoms with Crippen molar-refractivity contribution < 1.29 is 0 Å². The number of unbranched alkanes of at least 4 members (excludes halogenated alkanes) is 7. The van der Waals surface area contributed by atoms with Crippen molar-refractivity contribution in [2.45, 2.75) is 109 Å². The molecule has 0 aliphatic carbocycles. The van der Waals surface area contributed by atoms with Crippen LogP contribution in [0.25, 0.3) is 10.8 Å². The SMILES string of the molecule is CCCCCCCC(CCCCCC)N1CCC(c2ccc3ccccc3c2)CC1. The van der Waals surface area contributed by atoms with Crippen LogP contribution in [0.1, 0.15) is 109 Å². The Morgan fingerprint density at radius 3 is 2.00 bits per heavy atom. The van der Waals surface area contributed by atoms with E-state index in [-0.39, 0.29) is 0 Å². The maximum Gasteiger partial charge on any atom is 0.00952 e. The molecular formula is C29H45N. The fourth-order valence-electron chi connectivity index (χ4n) is 5.36. The third-order valence-electron chi connectivity index (χ3n) is 7.32. The van der Waals surface area contributed by atoms with Gasteiger partial charge in [-0.2, -0.15) is 0 Å². The van der Waals surface area contributed by atoms with Gasteiger partial charge in [-0.3, -0.25) is 0 Å². The van der Waals surface area contributed by atoms with E-state index in [9.17, 15) is 0 Å². The monoisotopic (exact) mass is 407 g/mol. The van der Waals surface area contributed by atoms with Crippen LogP contribution in [-0.4, -0.2) is 24.0 Å². The predicted octanol–water partition coefficient (Wildman–Crippen LogP) is 8.72. The van der Waals surface area contributed by atoms with Crippen molar-refractivity contribution in [2.75, 3.05) is 13.1 Å². The Kier molecular flexibility index (Phi) is 10.2. The van der Waals surface area contributed by atoms with Crippen LogP contribution in [0, 0.1) is 0 Å². The third kappa shape index (κ3) is 7.12. The van der Waals surface area contributed by atoms with E-state index in [2.05, 4.69) is 61.2 Å². The summed E-state index contributed by atoms with van der Waals surface area (Å²) in [5, 5.41) is 2.77. The van der Waals surface area contributed by atoms with Crippen LogP contribution in [0.3, 0.4) is 0 Å². The lowest BCUT2D eigenvalue weighted by molar-refractivity contribution is 0.133. The van der Waals surface area contributed by atoms with Crippen molar-refractivity contribution in [3.63, 3.8) is 0 Å². The first kappa shape index (κ1) is 23.3. The molecule has 0 N–H and O–H groups in total. The van der Waals surface area contributed by atoms with Crippen LogP contribution in [0.15, 0.2) is 42.5 Å². The van der Waals surface area contributed by atoms with Gasteiger partial charge in [0.05, 0.1) is 0 Å². The highest BCUT2D eigenvalue weighted by Crippen LogP contribution is 2.32. The summed E-state index contributed by atoms with van der Waals surface area (Å²) in [7, 11) is 0. The van der Waals surface area contributed by atoms with Gasteiger partial charge in [0.1, 0.15) is 0 Å². The van der Waals surface area contributed by atoms with Gasteiger partial charge in [-0.05, 0) is 61.0 Å². The summed E-state index contributed by atoms with van der Waals surface area (Å²) in [5.41, 5.74) is 1.56. The second kappa shape index (κ2) is 13.2. The highest BCUT2D eigenvalue weighted by molar-refractivity contribution is 5.83. The van der Waals surface area contributed by atoms with Gasteiger partial charge < -0.3 is 4.90 Å². The number of fused-ring (bicyclic) bond motifs is 1. The van der Waals surface area contributed by atoms with Gasteiger partial charge in [-0.15, -0.1) is 0 Å². The highest BCUT2D eigenvalue weighted by Gasteiger charge is 2.25. The fourth-order valence-corrected chi connectivity index (χ4v) is 5.36. The highest BCUT2D eigenvalue weighted by atomic mass is 15.2. The van der Waals surface area contributed by atoms with Crippen molar-refractivity contribution in [1.29, 1.82) is 0 Å². The molecule has 1 saturated heterocycles. The Balaban J connectivity index is 1.52. The second-order valence-corrected chi connectivity index (χ2v) is 9.62. The number of piperidine rings is 1. The van der Waals surface area contributed by atoms with E-state index in [4.69, 9.17) is 0 Å². The topological polar surface area (TPSA) is 3.24 Å². The lowest BCUT2D eigenvalue weighted by Gasteiger charge is -2.38. The molecule has 1 fully saturated rings. The van der Waals surface area contributed by atoms with Gasteiger partial charge in [0.25, 0.3) is 0 Å². The Morgan fingerprint density at radius 2 is 1.33 bits per heavy atom. The van der Waals surface area contributed by atoms with E-state index in [0.717, 1.165) is 12.0 Å². The van der Waals surface area contributed by atoms with E-state index < -0.39 is 0 Å². The number of hydrogen-bond acceptors (Lipinski definition) is 1. The van der Waals surface area contributed by atoms with E-state index in [0.29, 0.717) is 0 Å². The zero-order valence-electron chi connectivity index (χ0n) is 19.7. The standard InChI is InChI=1S/C29H45N/c1-3-5-7-9-11-17-29(16-10-8-6-4-2)30-22-20-26(21-23-30)28-19-18-25-14-12-13-15-27(25)24-28/h12-15,18-19,24,26,29H,3-11,16-17,20-23H2,1-2H3. The van der Waals surface area contributed by atoms with Gasteiger partial charge in [-0.1, -0.05) is 114 Å². The largest absolute Gasteiger partial charge is 0.300 e. The van der Waals surface area contributed by atoms with Crippen LogP contribution in [0.4, 0.5) is 0 Å². The molecule has 166 valence electrons. The molecule has 1 aliphatic heterocycles. The molecule has 30 heavy (non-hydrogen) atoms. The summed E-state index contributed by atoms with van der Waals surface area (Å²) < 4.78 is 0. The van der Waals surface area contributed by atoms with Gasteiger partial charge >= 0.3 is 0 Å². The molecule has 0 spiro atoms. The summed E-state index contributed by atoms with van der Waals surface area (Å²) in [6.07, 6.45) is 18.2. The molecule has 1 heterocycles. The summed E-state index contributed by atoms with van der Waals surface area (Å²) in [4.78, 5) is 2.86. The first-order valence-electron chi connectivity index (χ1n) is 13.0. The Labute approximate surface area is 186 Å². The number of benzene rings is 2. The zero-order valence-corrected chi connectivity index (χ0v) is 19.7. The summed E-state index contributed by atoms with van der Waals surface area (Å²) in [6.45, 7) is 7.23. The quantitative estimate of drug-likeness (QED) is 0.300. The molecule has 1 aliphatic rings. The van der Waals surface area contributed by atoms with Crippen molar-refractivity contribution in [2.24, 2.45) is 0 Å². The van der Waals surface area contributed by atoms with Crippen molar-refractivity contribution in [3.8, 4) is 0 Å². The first-order valence-corrected chi connectivity index (χ1v) is 13.0. The number of nitrogens with zero attached hydrogens (tertiary/aromatic N) is 1. The lowest BCUT2D eigenvalue weighted by atomic mass is 9.87. The lowest BCUT2D eigenvalue weighted by Crippen LogP contribution is -2.41. The van der Waals surface area contributed by atoms with Crippen LogP contribution >= 0.6 is 0 Å². The molecule has 0 bridgehead atoms. The molecule has 1 atom stereocenters. The smallest absolute Gasteiger partial charge is 0.00952 e. The van der Waals surface area contributed by atoms with Crippen LogP contribution < -0.4 is 0 Å². The molecule has 0 aromatic heterocycles. The first-order chi connectivity index (χ1) is 14.8. The Hall–Kier alpha value is -1.34. The molecule has 3 rings (SSSR count). The van der Waals surface area contributed by atoms with Gasteiger partial charge in [0, 0.05) is 6.04 Å². The Bertz CT molecular complexity index is 713. The van der Waals surface area contributed by atoms with E-state index in [1.807, 2.05) is 0 Å². The van der Waals surface area contributed by atoms with Gasteiger partial charge in [0.2, 0.25) is 0 Å². The molecule has 0 saturated carbocycles. The third-order valence-corrected chi connectivity index (χ3v) is 7.32. The average molecular weight is 408 g/mol. The van der Waals surface area contributed by atoms with Gasteiger partial charge in [-0.25, -0.2) is 0 Å². The van der Waals surface area contributed by atoms with Crippen molar-refractivity contribution in [1.82, 2.24) is 4.90 Å². The van der Waals surface area contributed by atoms with E-state index in [1.165, 1.54) is 107 Å².